The highest BCUT2D eigenvalue weighted by Gasteiger charge is 2.31. The zero-order valence-electron chi connectivity index (χ0n) is 9.10. The molecule has 1 aliphatic carbocycles. The number of aromatic nitrogens is 2. The van der Waals surface area contributed by atoms with Gasteiger partial charge in [0.2, 0.25) is 5.89 Å². The second-order valence-corrected chi connectivity index (χ2v) is 4.03. The Morgan fingerprint density at radius 1 is 1.44 bits per heavy atom. The quantitative estimate of drug-likeness (QED) is 0.842. The van der Waals surface area contributed by atoms with Crippen LogP contribution in [0.25, 0.3) is 0 Å². The molecule has 1 aromatic carbocycles. The lowest BCUT2D eigenvalue weighted by atomic mass is 9.77. The van der Waals surface area contributed by atoms with Crippen molar-refractivity contribution >= 4 is 0 Å². The number of rotatable bonds is 3. The molecular formula is C12H13N3O. The number of fused-ring (bicyclic) bond motifs is 1. The third-order valence-corrected chi connectivity index (χ3v) is 2.97. The van der Waals surface area contributed by atoms with Gasteiger partial charge in [-0.05, 0) is 24.6 Å². The standard InChI is InChI=1S/C12H13N3O/c1-13-7-11-14-12(16-15-11)10-6-8-4-2-3-5-9(8)10/h2-5,10,13H,6-7H2,1H3. The SMILES string of the molecule is CNCc1noc(C2Cc3ccccc32)n1. The number of nitrogens with one attached hydrogen (secondary N) is 1. The molecule has 1 N–H and O–H groups in total. The fourth-order valence-corrected chi connectivity index (χ4v) is 2.12. The highest BCUT2D eigenvalue weighted by Crippen LogP contribution is 2.38. The van der Waals surface area contributed by atoms with E-state index in [0.29, 0.717) is 12.5 Å². The van der Waals surface area contributed by atoms with Crippen LogP contribution in [0, 0.1) is 0 Å². The third kappa shape index (κ3) is 1.42. The maximum atomic E-state index is 5.28. The van der Waals surface area contributed by atoms with E-state index in [9.17, 15) is 0 Å². The lowest BCUT2D eigenvalue weighted by Gasteiger charge is -2.26. The van der Waals surface area contributed by atoms with Crippen molar-refractivity contribution in [1.82, 2.24) is 15.5 Å². The molecule has 82 valence electrons. The van der Waals surface area contributed by atoms with Gasteiger partial charge in [0.1, 0.15) is 0 Å². The summed E-state index contributed by atoms with van der Waals surface area (Å²) in [6.07, 6.45) is 1.01. The molecule has 1 aliphatic rings. The summed E-state index contributed by atoms with van der Waals surface area (Å²) in [4.78, 5) is 4.38. The van der Waals surface area contributed by atoms with Crippen LogP contribution in [0.5, 0.6) is 0 Å². The summed E-state index contributed by atoms with van der Waals surface area (Å²) in [6, 6.07) is 8.40. The fourth-order valence-electron chi connectivity index (χ4n) is 2.12. The molecular weight excluding hydrogens is 202 g/mol. The first-order valence-corrected chi connectivity index (χ1v) is 5.43. The van der Waals surface area contributed by atoms with Gasteiger partial charge in [-0.3, -0.25) is 0 Å². The van der Waals surface area contributed by atoms with E-state index >= 15 is 0 Å². The predicted molar refractivity (Wildman–Crippen MR) is 59.1 cm³/mol. The van der Waals surface area contributed by atoms with Crippen LogP contribution in [-0.4, -0.2) is 17.2 Å². The average molecular weight is 215 g/mol. The Bertz CT molecular complexity index is 506. The maximum absolute atomic E-state index is 5.28. The lowest BCUT2D eigenvalue weighted by molar-refractivity contribution is 0.351. The first-order valence-electron chi connectivity index (χ1n) is 5.43. The van der Waals surface area contributed by atoms with E-state index in [1.165, 1.54) is 11.1 Å². The minimum absolute atomic E-state index is 0.300. The van der Waals surface area contributed by atoms with E-state index in [2.05, 4.69) is 39.7 Å². The van der Waals surface area contributed by atoms with Crippen molar-refractivity contribution < 1.29 is 4.52 Å². The molecule has 4 nitrogen and oxygen atoms in total. The van der Waals surface area contributed by atoms with Gasteiger partial charge >= 0.3 is 0 Å². The summed E-state index contributed by atoms with van der Waals surface area (Å²) in [5.74, 6) is 1.76. The molecule has 0 radical (unpaired) electrons. The van der Waals surface area contributed by atoms with E-state index in [1.807, 2.05) is 7.05 Å². The molecule has 1 atom stereocenters. The molecule has 16 heavy (non-hydrogen) atoms. The maximum Gasteiger partial charge on any atom is 0.234 e. The van der Waals surface area contributed by atoms with Crippen molar-refractivity contribution in [2.24, 2.45) is 0 Å². The van der Waals surface area contributed by atoms with Crippen molar-refractivity contribution in [1.29, 1.82) is 0 Å². The van der Waals surface area contributed by atoms with Crippen LogP contribution >= 0.6 is 0 Å². The number of benzene rings is 1. The lowest BCUT2D eigenvalue weighted by Crippen LogP contribution is -2.18. The first kappa shape index (κ1) is 9.54. The van der Waals surface area contributed by atoms with Gasteiger partial charge < -0.3 is 9.84 Å². The molecule has 2 aromatic rings. The Balaban J connectivity index is 1.85. The Kier molecular flexibility index (Phi) is 2.22. The Labute approximate surface area is 93.7 Å². The summed E-state index contributed by atoms with van der Waals surface area (Å²) >= 11 is 0. The minimum atomic E-state index is 0.300. The predicted octanol–water partition coefficient (Wildman–Crippen LogP) is 1.48. The van der Waals surface area contributed by atoms with Gasteiger partial charge in [-0.1, -0.05) is 29.4 Å². The fraction of sp³-hybridized carbons (Fsp3) is 0.333. The van der Waals surface area contributed by atoms with Gasteiger partial charge in [0.15, 0.2) is 5.82 Å². The molecule has 0 bridgehead atoms. The largest absolute Gasteiger partial charge is 0.339 e. The van der Waals surface area contributed by atoms with Crippen molar-refractivity contribution in [2.45, 2.75) is 18.9 Å². The van der Waals surface area contributed by atoms with Crippen LogP contribution in [0.4, 0.5) is 0 Å². The summed E-state index contributed by atoms with van der Waals surface area (Å²) in [6.45, 7) is 0.651. The van der Waals surface area contributed by atoms with Gasteiger partial charge in [-0.25, -0.2) is 0 Å². The van der Waals surface area contributed by atoms with Crippen molar-refractivity contribution in [3.63, 3.8) is 0 Å². The van der Waals surface area contributed by atoms with Crippen molar-refractivity contribution in [3.05, 3.63) is 47.1 Å². The molecule has 4 heteroatoms. The summed E-state index contributed by atoms with van der Waals surface area (Å²) in [5.41, 5.74) is 2.71. The summed E-state index contributed by atoms with van der Waals surface area (Å²) < 4.78 is 5.28. The number of nitrogens with zero attached hydrogens (tertiary/aromatic N) is 2. The highest BCUT2D eigenvalue weighted by molar-refractivity contribution is 5.43. The molecule has 0 amide bonds. The van der Waals surface area contributed by atoms with Crippen LogP contribution in [0.1, 0.15) is 28.8 Å². The van der Waals surface area contributed by atoms with Crippen LogP contribution in [-0.2, 0) is 13.0 Å². The molecule has 0 spiro atoms. The summed E-state index contributed by atoms with van der Waals surface area (Å²) in [5, 5.41) is 6.94. The van der Waals surface area contributed by atoms with Gasteiger partial charge in [-0.15, -0.1) is 0 Å². The van der Waals surface area contributed by atoms with Crippen LogP contribution in [0.3, 0.4) is 0 Å². The van der Waals surface area contributed by atoms with E-state index in [4.69, 9.17) is 4.52 Å². The minimum Gasteiger partial charge on any atom is -0.339 e. The number of hydrogen-bond donors (Lipinski definition) is 1. The van der Waals surface area contributed by atoms with E-state index in [0.717, 1.165) is 18.1 Å². The molecule has 0 aliphatic heterocycles. The topological polar surface area (TPSA) is 51.0 Å². The molecule has 3 rings (SSSR count). The van der Waals surface area contributed by atoms with Crippen molar-refractivity contribution in [2.75, 3.05) is 7.05 Å². The van der Waals surface area contributed by atoms with Crippen LogP contribution < -0.4 is 5.32 Å². The Morgan fingerprint density at radius 3 is 3.12 bits per heavy atom. The van der Waals surface area contributed by atoms with Gasteiger partial charge in [0, 0.05) is 0 Å². The van der Waals surface area contributed by atoms with Gasteiger partial charge in [0.25, 0.3) is 0 Å². The van der Waals surface area contributed by atoms with E-state index in [-0.39, 0.29) is 0 Å². The molecule has 1 unspecified atom stereocenters. The smallest absolute Gasteiger partial charge is 0.234 e. The van der Waals surface area contributed by atoms with Crippen LogP contribution in [0.15, 0.2) is 28.8 Å². The first-order chi connectivity index (χ1) is 7.88. The molecule has 1 heterocycles. The van der Waals surface area contributed by atoms with Crippen LogP contribution in [0.2, 0.25) is 0 Å². The summed E-state index contributed by atoms with van der Waals surface area (Å²) in [7, 11) is 1.87. The molecule has 1 aromatic heterocycles. The molecule has 0 fully saturated rings. The molecule has 0 saturated heterocycles. The highest BCUT2D eigenvalue weighted by atomic mass is 16.5. The van der Waals surface area contributed by atoms with E-state index in [1.54, 1.807) is 0 Å². The Morgan fingerprint density at radius 2 is 2.31 bits per heavy atom. The van der Waals surface area contributed by atoms with Gasteiger partial charge in [-0.2, -0.15) is 4.98 Å². The van der Waals surface area contributed by atoms with E-state index < -0.39 is 0 Å². The van der Waals surface area contributed by atoms with Crippen molar-refractivity contribution in [3.8, 4) is 0 Å². The number of hydrogen-bond acceptors (Lipinski definition) is 4. The average Bonchev–Trinajstić information content (AvgIpc) is 2.69. The zero-order chi connectivity index (χ0) is 11.0. The second-order valence-electron chi connectivity index (χ2n) is 4.03. The normalized spacial score (nSPS) is 17.9. The zero-order valence-corrected chi connectivity index (χ0v) is 9.10. The monoisotopic (exact) mass is 215 g/mol. The second kappa shape index (κ2) is 3.72. The third-order valence-electron chi connectivity index (χ3n) is 2.97. The Hall–Kier alpha value is -1.68. The van der Waals surface area contributed by atoms with Gasteiger partial charge in [0.05, 0.1) is 12.5 Å². The molecule has 0 saturated carbocycles.